The molecule has 0 aliphatic rings. The quantitative estimate of drug-likeness (QED) is 0.843. The molecular weight excluding hydrogens is 294 g/mol. The lowest BCUT2D eigenvalue weighted by atomic mass is 10.1. The van der Waals surface area contributed by atoms with Crippen molar-refractivity contribution in [1.29, 1.82) is 0 Å². The summed E-state index contributed by atoms with van der Waals surface area (Å²) < 4.78 is 26.0. The van der Waals surface area contributed by atoms with Crippen molar-refractivity contribution in [2.24, 2.45) is 0 Å². The minimum absolute atomic E-state index is 0.369. The lowest BCUT2D eigenvalue weighted by Crippen LogP contribution is -2.24. The monoisotopic (exact) mass is 315 g/mol. The summed E-state index contributed by atoms with van der Waals surface area (Å²) in [5.41, 5.74) is 4.17. The van der Waals surface area contributed by atoms with Crippen LogP contribution < -0.4 is 0 Å². The van der Waals surface area contributed by atoms with E-state index in [0.29, 0.717) is 6.54 Å². The standard InChI is InChI=1S/C18H21NO2S/c1-15-9-10-18(16(2)13-15)14-19(3)22(20,21)12-11-17-7-5-4-6-8-17/h4-13H,14H2,1-3H3/b12-11-. The molecular formula is C18H21NO2S. The smallest absolute Gasteiger partial charge is 0.208 e. The molecule has 0 aliphatic carbocycles. The fourth-order valence-electron chi connectivity index (χ4n) is 2.19. The maximum atomic E-state index is 12.3. The van der Waals surface area contributed by atoms with Crippen LogP contribution in [-0.2, 0) is 16.6 Å². The predicted molar refractivity (Wildman–Crippen MR) is 91.8 cm³/mol. The van der Waals surface area contributed by atoms with Gasteiger partial charge in [-0.25, -0.2) is 8.42 Å². The molecule has 116 valence electrons. The fraction of sp³-hybridized carbons (Fsp3) is 0.222. The minimum Gasteiger partial charge on any atom is -0.208 e. The van der Waals surface area contributed by atoms with Crippen LogP contribution in [0.5, 0.6) is 0 Å². The van der Waals surface area contributed by atoms with Crippen LogP contribution in [0, 0.1) is 13.8 Å². The normalized spacial score (nSPS) is 12.2. The molecule has 0 heterocycles. The molecule has 0 aliphatic heterocycles. The number of benzene rings is 2. The van der Waals surface area contributed by atoms with Gasteiger partial charge in [-0.05, 0) is 36.6 Å². The van der Waals surface area contributed by atoms with Crippen LogP contribution >= 0.6 is 0 Å². The van der Waals surface area contributed by atoms with Crippen LogP contribution in [0.4, 0.5) is 0 Å². The van der Waals surface area contributed by atoms with Gasteiger partial charge in [0.1, 0.15) is 0 Å². The molecule has 2 rings (SSSR count). The van der Waals surface area contributed by atoms with Crippen molar-refractivity contribution in [1.82, 2.24) is 4.31 Å². The summed E-state index contributed by atoms with van der Waals surface area (Å²) in [7, 11) is -1.83. The first-order chi connectivity index (χ1) is 10.4. The molecule has 0 unspecified atom stereocenters. The molecule has 2 aromatic rings. The molecule has 0 amide bonds. The first-order valence-electron chi connectivity index (χ1n) is 7.14. The Labute approximate surface area is 133 Å². The second-order valence-electron chi connectivity index (χ2n) is 5.44. The predicted octanol–water partition coefficient (Wildman–Crippen LogP) is 3.74. The molecule has 0 aromatic heterocycles. The van der Waals surface area contributed by atoms with Crippen LogP contribution in [0.15, 0.2) is 53.9 Å². The van der Waals surface area contributed by atoms with Gasteiger partial charge in [-0.1, -0.05) is 54.1 Å². The van der Waals surface area contributed by atoms with Crippen LogP contribution in [0.3, 0.4) is 0 Å². The van der Waals surface area contributed by atoms with E-state index in [2.05, 4.69) is 6.07 Å². The average molecular weight is 315 g/mol. The molecule has 22 heavy (non-hydrogen) atoms. The van der Waals surface area contributed by atoms with Gasteiger partial charge in [0.25, 0.3) is 0 Å². The SMILES string of the molecule is Cc1ccc(CN(C)S(=O)(=O)/C=C\c2ccccc2)c(C)c1. The molecule has 0 radical (unpaired) electrons. The van der Waals surface area contributed by atoms with Gasteiger partial charge in [-0.15, -0.1) is 0 Å². The molecule has 0 N–H and O–H groups in total. The largest absolute Gasteiger partial charge is 0.236 e. The third kappa shape index (κ3) is 4.29. The Morgan fingerprint density at radius 3 is 2.36 bits per heavy atom. The van der Waals surface area contributed by atoms with E-state index in [4.69, 9.17) is 0 Å². The molecule has 4 heteroatoms. The Kier molecular flexibility index (Phi) is 5.16. The van der Waals surface area contributed by atoms with Gasteiger partial charge in [0.15, 0.2) is 0 Å². The molecule has 3 nitrogen and oxygen atoms in total. The number of hydrogen-bond donors (Lipinski definition) is 0. The summed E-state index contributed by atoms with van der Waals surface area (Å²) in [6.07, 6.45) is 1.62. The Morgan fingerprint density at radius 1 is 1.05 bits per heavy atom. The molecule has 0 saturated carbocycles. The summed E-state index contributed by atoms with van der Waals surface area (Å²) >= 11 is 0. The molecule has 0 saturated heterocycles. The van der Waals surface area contributed by atoms with Crippen LogP contribution in [0.25, 0.3) is 6.08 Å². The maximum Gasteiger partial charge on any atom is 0.236 e. The number of hydrogen-bond acceptors (Lipinski definition) is 2. The van der Waals surface area contributed by atoms with E-state index in [1.54, 1.807) is 13.1 Å². The lowest BCUT2D eigenvalue weighted by Gasteiger charge is -2.16. The molecule has 0 spiro atoms. The number of nitrogens with zero attached hydrogens (tertiary/aromatic N) is 1. The first kappa shape index (κ1) is 16.5. The highest BCUT2D eigenvalue weighted by atomic mass is 32.2. The Hall–Kier alpha value is -1.91. The van der Waals surface area contributed by atoms with Crippen molar-refractivity contribution in [3.8, 4) is 0 Å². The van der Waals surface area contributed by atoms with Crippen molar-refractivity contribution in [2.75, 3.05) is 7.05 Å². The molecule has 0 atom stereocenters. The summed E-state index contributed by atoms with van der Waals surface area (Å²) in [5, 5.41) is 1.26. The summed E-state index contributed by atoms with van der Waals surface area (Å²) in [6.45, 7) is 4.40. The van der Waals surface area contributed by atoms with E-state index in [-0.39, 0.29) is 0 Å². The number of aryl methyl sites for hydroxylation is 2. The summed E-state index contributed by atoms with van der Waals surface area (Å²) in [4.78, 5) is 0. The second-order valence-corrected chi connectivity index (χ2v) is 7.37. The molecule has 0 fully saturated rings. The highest BCUT2D eigenvalue weighted by Crippen LogP contribution is 2.15. The number of sulfonamides is 1. The zero-order chi connectivity index (χ0) is 16.2. The minimum atomic E-state index is -3.43. The fourth-order valence-corrected chi connectivity index (χ4v) is 3.04. The summed E-state index contributed by atoms with van der Waals surface area (Å²) in [6, 6.07) is 15.5. The van der Waals surface area contributed by atoms with E-state index in [0.717, 1.165) is 16.7 Å². The van der Waals surface area contributed by atoms with Gasteiger partial charge >= 0.3 is 0 Å². The summed E-state index contributed by atoms with van der Waals surface area (Å²) in [5.74, 6) is 0. The molecule has 0 bridgehead atoms. The van der Waals surface area contributed by atoms with E-state index >= 15 is 0 Å². The van der Waals surface area contributed by atoms with Gasteiger partial charge in [0.05, 0.1) is 0 Å². The van der Waals surface area contributed by atoms with Crippen LogP contribution in [0.1, 0.15) is 22.3 Å². The highest BCUT2D eigenvalue weighted by Gasteiger charge is 2.15. The van der Waals surface area contributed by atoms with Gasteiger partial charge in [-0.2, -0.15) is 4.31 Å². The molecule has 2 aromatic carbocycles. The van der Waals surface area contributed by atoms with E-state index < -0.39 is 10.0 Å². The second kappa shape index (κ2) is 6.90. The zero-order valence-electron chi connectivity index (χ0n) is 13.2. The Morgan fingerprint density at radius 2 is 1.73 bits per heavy atom. The topological polar surface area (TPSA) is 37.4 Å². The maximum absolute atomic E-state index is 12.3. The Balaban J connectivity index is 2.13. The van der Waals surface area contributed by atoms with Crippen LogP contribution in [0.2, 0.25) is 0 Å². The van der Waals surface area contributed by atoms with E-state index in [9.17, 15) is 8.42 Å². The zero-order valence-corrected chi connectivity index (χ0v) is 14.0. The lowest BCUT2D eigenvalue weighted by molar-refractivity contribution is 0.474. The van der Waals surface area contributed by atoms with Crippen LogP contribution in [-0.4, -0.2) is 19.8 Å². The van der Waals surface area contributed by atoms with Gasteiger partial charge in [0, 0.05) is 19.0 Å². The Bertz CT molecular complexity index is 765. The van der Waals surface area contributed by atoms with E-state index in [1.165, 1.54) is 15.3 Å². The first-order valence-corrected chi connectivity index (χ1v) is 8.64. The van der Waals surface area contributed by atoms with Crippen molar-refractivity contribution in [2.45, 2.75) is 20.4 Å². The van der Waals surface area contributed by atoms with Crippen molar-refractivity contribution in [3.63, 3.8) is 0 Å². The van der Waals surface area contributed by atoms with Crippen molar-refractivity contribution in [3.05, 3.63) is 76.2 Å². The van der Waals surface area contributed by atoms with E-state index in [1.807, 2.05) is 56.3 Å². The third-order valence-electron chi connectivity index (χ3n) is 3.56. The number of rotatable bonds is 5. The third-order valence-corrected chi connectivity index (χ3v) is 5.04. The highest BCUT2D eigenvalue weighted by molar-refractivity contribution is 7.92. The van der Waals surface area contributed by atoms with Gasteiger partial charge < -0.3 is 0 Å². The average Bonchev–Trinajstić information content (AvgIpc) is 2.49. The van der Waals surface area contributed by atoms with Crippen molar-refractivity contribution < 1.29 is 8.42 Å². The van der Waals surface area contributed by atoms with Gasteiger partial charge in [-0.3, -0.25) is 0 Å². The van der Waals surface area contributed by atoms with Crippen molar-refractivity contribution >= 4 is 16.1 Å². The van der Waals surface area contributed by atoms with Gasteiger partial charge in [0.2, 0.25) is 10.0 Å².